The minimum atomic E-state index is -0.450. The van der Waals surface area contributed by atoms with Crippen molar-refractivity contribution in [1.82, 2.24) is 4.90 Å². The third-order valence-corrected chi connectivity index (χ3v) is 6.55. The molecule has 3 aromatic carbocycles. The first-order valence-electron chi connectivity index (χ1n) is 9.86. The minimum absolute atomic E-state index is 0.0225. The average molecular weight is 525 g/mol. The summed E-state index contributed by atoms with van der Waals surface area (Å²) in [5, 5.41) is 10.4. The molecule has 4 rings (SSSR count). The first-order chi connectivity index (χ1) is 15.9. The quantitative estimate of drug-likeness (QED) is 0.208. The predicted octanol–water partition coefficient (Wildman–Crippen LogP) is 6.17. The second-order valence-electron chi connectivity index (χ2n) is 7.14. The van der Waals surface area contributed by atoms with E-state index in [2.05, 4.69) is 15.9 Å². The maximum absolute atomic E-state index is 12.8. The molecule has 0 aliphatic carbocycles. The van der Waals surface area contributed by atoms with Crippen LogP contribution in [0.25, 0.3) is 6.08 Å². The molecule has 1 aliphatic heterocycles. The van der Waals surface area contributed by atoms with Gasteiger partial charge in [0, 0.05) is 16.6 Å². The molecule has 0 saturated carbocycles. The van der Waals surface area contributed by atoms with Crippen LogP contribution in [-0.2, 0) is 17.9 Å². The van der Waals surface area contributed by atoms with Crippen LogP contribution in [0, 0.1) is 10.1 Å². The minimum Gasteiger partial charge on any atom is -0.489 e. The molecule has 9 heteroatoms. The van der Waals surface area contributed by atoms with Crippen molar-refractivity contribution in [3.8, 4) is 5.75 Å². The predicted molar refractivity (Wildman–Crippen MR) is 130 cm³/mol. The standard InChI is InChI=1S/C24H17BrN2O5S/c25-21-7-2-1-5-18(21)14-26-23(28)22(33-24(26)29)13-17-4-3-6-20(12-17)32-15-16-8-10-19(11-9-16)27(30)31/h1-13H,14-15H2/b22-13+. The van der Waals surface area contributed by atoms with Gasteiger partial charge in [-0.15, -0.1) is 0 Å². The van der Waals surface area contributed by atoms with Gasteiger partial charge in [0.15, 0.2) is 0 Å². The molecule has 1 aliphatic rings. The van der Waals surface area contributed by atoms with Crippen LogP contribution in [0.3, 0.4) is 0 Å². The lowest BCUT2D eigenvalue weighted by Crippen LogP contribution is -2.27. The van der Waals surface area contributed by atoms with E-state index in [0.717, 1.165) is 32.9 Å². The third kappa shape index (κ3) is 5.50. The summed E-state index contributed by atoms with van der Waals surface area (Å²) in [5.41, 5.74) is 2.39. The van der Waals surface area contributed by atoms with E-state index in [-0.39, 0.29) is 30.0 Å². The van der Waals surface area contributed by atoms with Crippen molar-refractivity contribution in [3.05, 3.63) is 109 Å². The lowest BCUT2D eigenvalue weighted by atomic mass is 10.2. The number of ether oxygens (including phenoxy) is 1. The Hall–Kier alpha value is -3.43. The van der Waals surface area contributed by atoms with E-state index in [9.17, 15) is 19.7 Å². The highest BCUT2D eigenvalue weighted by Gasteiger charge is 2.35. The number of rotatable bonds is 7. The zero-order valence-corrected chi connectivity index (χ0v) is 19.5. The average Bonchev–Trinajstić information content (AvgIpc) is 3.07. The number of hydrogen-bond donors (Lipinski definition) is 0. The van der Waals surface area contributed by atoms with Crippen molar-refractivity contribution in [1.29, 1.82) is 0 Å². The Morgan fingerprint density at radius 3 is 2.52 bits per heavy atom. The number of benzene rings is 3. The summed E-state index contributed by atoms with van der Waals surface area (Å²) < 4.78 is 6.62. The van der Waals surface area contributed by atoms with E-state index in [0.29, 0.717) is 10.7 Å². The van der Waals surface area contributed by atoms with Crippen LogP contribution in [-0.4, -0.2) is 21.0 Å². The lowest BCUT2D eigenvalue weighted by Gasteiger charge is -2.13. The zero-order valence-electron chi connectivity index (χ0n) is 17.1. The van der Waals surface area contributed by atoms with Gasteiger partial charge in [-0.1, -0.05) is 46.3 Å². The molecule has 0 atom stereocenters. The van der Waals surface area contributed by atoms with Crippen LogP contribution < -0.4 is 4.74 Å². The third-order valence-electron chi connectivity index (χ3n) is 4.87. The normalized spacial score (nSPS) is 14.7. The van der Waals surface area contributed by atoms with Gasteiger partial charge in [-0.25, -0.2) is 0 Å². The van der Waals surface area contributed by atoms with Gasteiger partial charge in [0.05, 0.1) is 16.4 Å². The molecule has 0 N–H and O–H groups in total. The van der Waals surface area contributed by atoms with Crippen LogP contribution >= 0.6 is 27.7 Å². The summed E-state index contributed by atoms with van der Waals surface area (Å²) in [4.78, 5) is 37.1. The second kappa shape index (κ2) is 10.0. The fraction of sp³-hybridized carbons (Fsp3) is 0.0833. The molecular weight excluding hydrogens is 508 g/mol. The number of nitro benzene ring substituents is 1. The van der Waals surface area contributed by atoms with Crippen LogP contribution in [0.4, 0.5) is 10.5 Å². The summed E-state index contributed by atoms with van der Waals surface area (Å²) >= 11 is 4.36. The Kier molecular flexibility index (Phi) is 6.90. The van der Waals surface area contributed by atoms with Crippen LogP contribution in [0.2, 0.25) is 0 Å². The Morgan fingerprint density at radius 1 is 1.03 bits per heavy atom. The summed E-state index contributed by atoms with van der Waals surface area (Å²) in [6.45, 7) is 0.436. The highest BCUT2D eigenvalue weighted by molar-refractivity contribution is 9.10. The SMILES string of the molecule is O=C1S/C(=C/c2cccc(OCc3ccc([N+](=O)[O-])cc3)c2)C(=O)N1Cc1ccccc1Br. The summed E-state index contributed by atoms with van der Waals surface area (Å²) in [7, 11) is 0. The number of imide groups is 1. The summed E-state index contributed by atoms with van der Waals surface area (Å²) in [6, 6.07) is 20.8. The maximum atomic E-state index is 12.8. The van der Waals surface area contributed by atoms with Crippen molar-refractivity contribution in [2.75, 3.05) is 0 Å². The highest BCUT2D eigenvalue weighted by Crippen LogP contribution is 2.34. The number of nitrogens with zero attached hydrogens (tertiary/aromatic N) is 2. The van der Waals surface area contributed by atoms with E-state index in [1.807, 2.05) is 30.3 Å². The van der Waals surface area contributed by atoms with Crippen LogP contribution in [0.15, 0.2) is 82.2 Å². The van der Waals surface area contributed by atoms with Crippen LogP contribution in [0.5, 0.6) is 5.75 Å². The Morgan fingerprint density at radius 2 is 1.79 bits per heavy atom. The van der Waals surface area contributed by atoms with E-state index < -0.39 is 4.92 Å². The number of carbonyl (C=O) groups is 2. The monoisotopic (exact) mass is 524 g/mol. The van der Waals surface area contributed by atoms with Gasteiger partial charge >= 0.3 is 0 Å². The number of halogens is 1. The first-order valence-corrected chi connectivity index (χ1v) is 11.5. The molecule has 1 heterocycles. The van der Waals surface area contributed by atoms with Gasteiger partial charge in [0.25, 0.3) is 16.8 Å². The largest absolute Gasteiger partial charge is 0.489 e. The summed E-state index contributed by atoms with van der Waals surface area (Å²) in [6.07, 6.45) is 1.67. The molecule has 2 amide bonds. The van der Waals surface area contributed by atoms with Crippen molar-refractivity contribution in [3.63, 3.8) is 0 Å². The Bertz CT molecular complexity index is 1260. The smallest absolute Gasteiger partial charge is 0.293 e. The number of carbonyl (C=O) groups excluding carboxylic acids is 2. The van der Waals surface area contributed by atoms with Gasteiger partial charge in [-0.2, -0.15) is 0 Å². The molecule has 1 fully saturated rings. The van der Waals surface area contributed by atoms with Crippen molar-refractivity contribution >= 4 is 50.6 Å². The van der Waals surface area contributed by atoms with Crippen LogP contribution in [0.1, 0.15) is 16.7 Å². The van der Waals surface area contributed by atoms with Crippen molar-refractivity contribution < 1.29 is 19.2 Å². The lowest BCUT2D eigenvalue weighted by molar-refractivity contribution is -0.384. The molecule has 1 saturated heterocycles. The number of non-ortho nitro benzene ring substituents is 1. The van der Waals surface area contributed by atoms with Crippen molar-refractivity contribution in [2.45, 2.75) is 13.2 Å². The molecule has 3 aromatic rings. The van der Waals surface area contributed by atoms with Gasteiger partial charge in [-0.05, 0) is 64.9 Å². The number of amides is 2. The van der Waals surface area contributed by atoms with Gasteiger partial charge in [0.1, 0.15) is 12.4 Å². The maximum Gasteiger partial charge on any atom is 0.293 e. The molecular formula is C24H17BrN2O5S. The molecule has 0 spiro atoms. The fourth-order valence-electron chi connectivity index (χ4n) is 3.16. The molecule has 0 bridgehead atoms. The Labute approximate surface area is 202 Å². The molecule has 33 heavy (non-hydrogen) atoms. The first kappa shape index (κ1) is 22.8. The van der Waals surface area contributed by atoms with Gasteiger partial charge in [0.2, 0.25) is 0 Å². The molecule has 0 aromatic heterocycles. The molecule has 0 unspecified atom stereocenters. The number of thioether (sulfide) groups is 1. The molecule has 0 radical (unpaired) electrons. The van der Waals surface area contributed by atoms with Gasteiger partial charge in [-0.3, -0.25) is 24.6 Å². The van der Waals surface area contributed by atoms with Gasteiger partial charge < -0.3 is 4.74 Å². The molecule has 7 nitrogen and oxygen atoms in total. The Balaban J connectivity index is 1.44. The van der Waals surface area contributed by atoms with E-state index in [1.165, 1.54) is 17.0 Å². The second-order valence-corrected chi connectivity index (χ2v) is 8.99. The topological polar surface area (TPSA) is 89.7 Å². The number of hydrogen-bond acceptors (Lipinski definition) is 6. The van der Waals surface area contributed by atoms with Crippen molar-refractivity contribution in [2.24, 2.45) is 0 Å². The zero-order chi connectivity index (χ0) is 23.4. The number of nitro groups is 1. The fourth-order valence-corrected chi connectivity index (χ4v) is 4.41. The summed E-state index contributed by atoms with van der Waals surface area (Å²) in [5.74, 6) is 0.243. The van der Waals surface area contributed by atoms with E-state index in [1.54, 1.807) is 36.4 Å². The van der Waals surface area contributed by atoms with E-state index in [4.69, 9.17) is 4.74 Å². The van der Waals surface area contributed by atoms with E-state index >= 15 is 0 Å². The highest BCUT2D eigenvalue weighted by atomic mass is 79.9. The molecule has 166 valence electrons.